The Bertz CT molecular complexity index is 1910. The number of morpholine rings is 1. The number of methoxy groups -OCH3 is 1. The first-order valence-corrected chi connectivity index (χ1v) is 14.5. The third-order valence-corrected chi connectivity index (χ3v) is 8.35. The van der Waals surface area contributed by atoms with E-state index < -0.39 is 26.6 Å². The molecule has 216 valence electrons. The molecule has 0 atom stereocenters. The van der Waals surface area contributed by atoms with Gasteiger partial charge in [-0.2, -0.15) is 0 Å². The van der Waals surface area contributed by atoms with Crippen LogP contribution >= 0.6 is 0 Å². The number of halogens is 2. The number of sulfonamides is 1. The number of nitrogens with zero attached hydrogens (tertiary/aromatic N) is 4. The van der Waals surface area contributed by atoms with Crippen LogP contribution in [0.4, 0.5) is 26.1 Å². The fourth-order valence-corrected chi connectivity index (χ4v) is 6.04. The smallest absolute Gasteiger partial charge is 0.264 e. The van der Waals surface area contributed by atoms with Gasteiger partial charge in [0.1, 0.15) is 22.2 Å². The molecule has 6 rings (SSSR count). The second kappa shape index (κ2) is 10.9. The van der Waals surface area contributed by atoms with Crippen LogP contribution in [0.3, 0.4) is 0 Å². The van der Waals surface area contributed by atoms with Gasteiger partial charge in [0.05, 0.1) is 37.0 Å². The summed E-state index contributed by atoms with van der Waals surface area (Å²) < 4.78 is 68.5. The minimum Gasteiger partial charge on any atom is -0.480 e. The Morgan fingerprint density at radius 1 is 0.976 bits per heavy atom. The van der Waals surface area contributed by atoms with Crippen LogP contribution in [0.2, 0.25) is 0 Å². The molecule has 0 saturated carbocycles. The first-order valence-electron chi connectivity index (χ1n) is 13.0. The Balaban J connectivity index is 1.38. The summed E-state index contributed by atoms with van der Waals surface area (Å²) in [4.78, 5) is 10.3. The number of nitrogens with two attached hydrogens (primary N) is 1. The summed E-state index contributed by atoms with van der Waals surface area (Å²) in [5, 5.41) is 0. The summed E-state index contributed by atoms with van der Waals surface area (Å²) >= 11 is 0. The van der Waals surface area contributed by atoms with Gasteiger partial charge in [-0.3, -0.25) is 9.29 Å². The van der Waals surface area contributed by atoms with Crippen molar-refractivity contribution in [1.29, 1.82) is 0 Å². The van der Waals surface area contributed by atoms with Gasteiger partial charge in [-0.05, 0) is 54.1 Å². The van der Waals surface area contributed by atoms with Gasteiger partial charge in [0, 0.05) is 36.6 Å². The molecule has 0 radical (unpaired) electrons. The highest BCUT2D eigenvalue weighted by molar-refractivity contribution is 7.92. The maximum atomic E-state index is 14.3. The summed E-state index contributed by atoms with van der Waals surface area (Å²) in [6.45, 7) is 2.91. The van der Waals surface area contributed by atoms with E-state index in [2.05, 4.69) is 19.6 Å². The third kappa shape index (κ3) is 5.19. The topological polar surface area (TPSA) is 125 Å². The molecule has 42 heavy (non-hydrogen) atoms. The number of fused-ring (bicyclic) bond motifs is 1. The molecule has 0 amide bonds. The maximum Gasteiger partial charge on any atom is 0.264 e. The molecule has 13 heteroatoms. The van der Waals surface area contributed by atoms with Crippen LogP contribution in [0.1, 0.15) is 0 Å². The number of benzene rings is 3. The average Bonchev–Trinajstić information content (AvgIpc) is 3.32. The van der Waals surface area contributed by atoms with E-state index in [-0.39, 0.29) is 11.6 Å². The van der Waals surface area contributed by atoms with E-state index in [0.29, 0.717) is 41.9 Å². The van der Waals surface area contributed by atoms with Gasteiger partial charge in [-0.1, -0.05) is 12.1 Å². The summed E-state index contributed by atoms with van der Waals surface area (Å²) in [6.07, 6.45) is 1.53. The minimum atomic E-state index is -4.43. The Hall–Kier alpha value is -4.75. The zero-order valence-corrected chi connectivity index (χ0v) is 23.2. The van der Waals surface area contributed by atoms with Gasteiger partial charge in [0.15, 0.2) is 0 Å². The second-order valence-electron chi connectivity index (χ2n) is 9.59. The van der Waals surface area contributed by atoms with Gasteiger partial charge in [-0.15, -0.1) is 0 Å². The summed E-state index contributed by atoms with van der Waals surface area (Å²) in [5.74, 6) is -1.83. The van der Waals surface area contributed by atoms with Crippen molar-refractivity contribution in [1.82, 2.24) is 14.5 Å². The Kier molecular flexibility index (Phi) is 7.12. The average molecular weight is 593 g/mol. The Morgan fingerprint density at radius 3 is 2.52 bits per heavy atom. The van der Waals surface area contributed by atoms with Gasteiger partial charge >= 0.3 is 0 Å². The van der Waals surface area contributed by atoms with Gasteiger partial charge in [0.2, 0.25) is 11.8 Å². The molecule has 1 saturated heterocycles. The first kappa shape index (κ1) is 27.4. The monoisotopic (exact) mass is 592 g/mol. The molecule has 2 aromatic heterocycles. The Morgan fingerprint density at radius 2 is 1.76 bits per heavy atom. The number of nitrogens with one attached hydrogen (secondary N) is 1. The lowest BCUT2D eigenvalue weighted by Crippen LogP contribution is -2.36. The molecule has 3 N–H and O–H groups in total. The van der Waals surface area contributed by atoms with E-state index in [0.717, 1.165) is 42.1 Å². The van der Waals surface area contributed by atoms with E-state index in [1.807, 2.05) is 47.0 Å². The molecule has 0 unspecified atom stereocenters. The first-order chi connectivity index (χ1) is 20.2. The highest BCUT2D eigenvalue weighted by atomic mass is 32.2. The number of ether oxygens (including phenoxy) is 2. The summed E-state index contributed by atoms with van der Waals surface area (Å²) in [7, 11) is -3.10. The normalized spacial score (nSPS) is 13.8. The predicted octanol–water partition coefficient (Wildman–Crippen LogP) is 4.59. The summed E-state index contributed by atoms with van der Waals surface area (Å²) in [5.41, 5.74) is 10.9. The molecule has 0 aliphatic carbocycles. The van der Waals surface area contributed by atoms with Crippen LogP contribution in [0.5, 0.6) is 5.88 Å². The number of aromatic nitrogens is 3. The van der Waals surface area contributed by atoms with Crippen molar-refractivity contribution in [2.75, 3.05) is 48.8 Å². The van der Waals surface area contributed by atoms with Crippen molar-refractivity contribution in [3.63, 3.8) is 0 Å². The highest BCUT2D eigenvalue weighted by Crippen LogP contribution is 2.34. The molecular weight excluding hydrogens is 566 g/mol. The second-order valence-corrected chi connectivity index (χ2v) is 11.2. The third-order valence-electron chi connectivity index (χ3n) is 6.95. The van der Waals surface area contributed by atoms with E-state index in [4.69, 9.17) is 15.2 Å². The van der Waals surface area contributed by atoms with Crippen LogP contribution in [0.25, 0.3) is 27.8 Å². The number of hydrogen-bond acceptors (Lipinski definition) is 8. The van der Waals surface area contributed by atoms with Crippen molar-refractivity contribution in [3.8, 4) is 22.7 Å². The fraction of sp³-hybridized carbons (Fsp3) is 0.172. The predicted molar refractivity (Wildman–Crippen MR) is 155 cm³/mol. The number of rotatable bonds is 7. The van der Waals surface area contributed by atoms with Crippen molar-refractivity contribution in [3.05, 3.63) is 84.6 Å². The highest BCUT2D eigenvalue weighted by Gasteiger charge is 2.23. The van der Waals surface area contributed by atoms with Crippen molar-refractivity contribution in [2.45, 2.75) is 4.90 Å². The molecule has 1 fully saturated rings. The molecular formula is C29H26F2N6O4S. The van der Waals surface area contributed by atoms with E-state index in [1.165, 1.54) is 19.4 Å². The largest absolute Gasteiger partial charge is 0.480 e. The fourth-order valence-electron chi connectivity index (χ4n) is 4.93. The lowest BCUT2D eigenvalue weighted by molar-refractivity contribution is 0.122. The number of hydrogen-bond donors (Lipinski definition) is 2. The van der Waals surface area contributed by atoms with E-state index in [9.17, 15) is 17.2 Å². The number of pyridine rings is 1. The van der Waals surface area contributed by atoms with Crippen molar-refractivity contribution >= 4 is 38.4 Å². The van der Waals surface area contributed by atoms with Crippen LogP contribution in [0, 0.1) is 11.6 Å². The van der Waals surface area contributed by atoms with Crippen LogP contribution in [-0.4, -0.2) is 56.4 Å². The van der Waals surface area contributed by atoms with Gasteiger partial charge in [-0.25, -0.2) is 27.2 Å². The molecule has 3 aromatic carbocycles. The lowest BCUT2D eigenvalue weighted by atomic mass is 10.1. The minimum absolute atomic E-state index is 0.0231. The maximum absolute atomic E-state index is 14.3. The number of imidazole rings is 1. The van der Waals surface area contributed by atoms with Gasteiger partial charge in [0.25, 0.3) is 10.0 Å². The van der Waals surface area contributed by atoms with E-state index >= 15 is 0 Å². The zero-order chi connectivity index (χ0) is 29.4. The SMILES string of the molecule is COc1ncc(-c2ccc3nc(N)n(-c4cccc(N5CCOCC5)c4)c3c2)cc1NS(=O)(=O)c1ccc(F)cc1F. The number of anilines is 3. The van der Waals surface area contributed by atoms with Crippen molar-refractivity contribution < 1.29 is 26.7 Å². The van der Waals surface area contributed by atoms with Crippen molar-refractivity contribution in [2.24, 2.45) is 0 Å². The van der Waals surface area contributed by atoms with E-state index in [1.54, 1.807) is 0 Å². The van der Waals surface area contributed by atoms with Crippen LogP contribution < -0.4 is 20.1 Å². The lowest BCUT2D eigenvalue weighted by Gasteiger charge is -2.29. The number of nitrogen functional groups attached to an aromatic ring is 1. The molecule has 1 aliphatic heterocycles. The molecule has 1 aliphatic rings. The van der Waals surface area contributed by atoms with Gasteiger partial charge < -0.3 is 20.1 Å². The quantitative estimate of drug-likeness (QED) is 0.281. The molecule has 5 aromatic rings. The molecule has 3 heterocycles. The molecule has 10 nitrogen and oxygen atoms in total. The molecule has 0 bridgehead atoms. The standard InChI is InChI=1S/C29H26F2N6O4S/c1-40-28-25(35-42(38,39)27-8-6-20(30)15-23(27)31)13-19(17-33-28)18-5-7-24-26(14-18)37(29(32)34-24)22-4-2-3-21(16-22)36-9-11-41-12-10-36/h2-8,13-17,35H,9-12H2,1H3,(H2,32,34). The van der Waals surface area contributed by atoms with Crippen LogP contribution in [-0.2, 0) is 14.8 Å². The zero-order valence-electron chi connectivity index (χ0n) is 22.4. The van der Waals surface area contributed by atoms with Crippen LogP contribution in [0.15, 0.2) is 77.8 Å². The molecule has 0 spiro atoms. The summed E-state index contributed by atoms with van der Waals surface area (Å²) in [6, 6.07) is 17.2. The Labute approximate surface area is 240 Å².